The molecule has 8 nitrogen and oxygen atoms in total. The summed E-state index contributed by atoms with van der Waals surface area (Å²) in [6, 6.07) is 9.05. The zero-order valence-electron chi connectivity index (χ0n) is 15.2. The standard InChI is InChI=1S/C15H14Cl2O4S.C2H6N4/c1-3-20-12-6-10(2)7-13(9-12)21-22(18,19)15-8-11(16)4-5-14(15)17;1-5-6-2(3)4/h4-9H,3H2,1-2H3;1H2,(H4,3,4,6). The number of ether oxygens (including phenoxy) is 1. The lowest BCUT2D eigenvalue weighted by Gasteiger charge is -2.11. The Morgan fingerprint density at radius 1 is 1.14 bits per heavy atom. The van der Waals surface area contributed by atoms with Crippen molar-refractivity contribution in [3.05, 3.63) is 52.0 Å². The molecule has 0 saturated carbocycles. The molecule has 0 heterocycles. The number of benzene rings is 2. The highest BCUT2D eigenvalue weighted by atomic mass is 35.5. The Balaban J connectivity index is 0.000000568. The third-order valence-electron chi connectivity index (χ3n) is 2.89. The van der Waals surface area contributed by atoms with Crippen LogP contribution in [0.5, 0.6) is 11.5 Å². The van der Waals surface area contributed by atoms with Gasteiger partial charge in [-0.3, -0.25) is 0 Å². The average molecular weight is 447 g/mol. The maximum absolute atomic E-state index is 12.3. The molecule has 2 aromatic carbocycles. The number of aryl methyl sites for hydroxylation is 1. The van der Waals surface area contributed by atoms with Gasteiger partial charge in [0.25, 0.3) is 0 Å². The van der Waals surface area contributed by atoms with Gasteiger partial charge in [-0.15, -0.1) is 5.10 Å². The smallest absolute Gasteiger partial charge is 0.340 e. The highest BCUT2D eigenvalue weighted by Crippen LogP contribution is 2.30. The molecule has 0 aliphatic rings. The van der Waals surface area contributed by atoms with Crippen LogP contribution in [-0.4, -0.2) is 27.7 Å². The summed E-state index contributed by atoms with van der Waals surface area (Å²) in [5.41, 5.74) is 10.4. The fourth-order valence-electron chi connectivity index (χ4n) is 1.93. The molecule has 0 atom stereocenters. The van der Waals surface area contributed by atoms with E-state index in [2.05, 4.69) is 16.9 Å². The summed E-state index contributed by atoms with van der Waals surface area (Å²) >= 11 is 11.7. The van der Waals surface area contributed by atoms with Crippen LogP contribution in [0.1, 0.15) is 12.5 Å². The molecule has 2 rings (SSSR count). The number of hydrogen-bond donors (Lipinski definition) is 2. The van der Waals surface area contributed by atoms with E-state index in [4.69, 9.17) is 43.6 Å². The zero-order chi connectivity index (χ0) is 21.3. The second-order valence-electron chi connectivity index (χ2n) is 5.19. The third kappa shape index (κ3) is 7.63. The maximum atomic E-state index is 12.3. The summed E-state index contributed by atoms with van der Waals surface area (Å²) < 4.78 is 35.2. The Morgan fingerprint density at radius 2 is 1.79 bits per heavy atom. The minimum Gasteiger partial charge on any atom is -0.494 e. The monoisotopic (exact) mass is 446 g/mol. The minimum atomic E-state index is -4.09. The van der Waals surface area contributed by atoms with E-state index in [9.17, 15) is 8.42 Å². The van der Waals surface area contributed by atoms with Crippen LogP contribution in [0.3, 0.4) is 0 Å². The third-order valence-corrected chi connectivity index (χ3v) is 4.86. The number of nitrogens with two attached hydrogens (primary N) is 2. The second kappa shape index (κ2) is 10.7. The van der Waals surface area contributed by atoms with Crippen LogP contribution in [0, 0.1) is 6.92 Å². The highest BCUT2D eigenvalue weighted by molar-refractivity contribution is 7.87. The van der Waals surface area contributed by atoms with Crippen molar-refractivity contribution in [1.29, 1.82) is 0 Å². The van der Waals surface area contributed by atoms with E-state index < -0.39 is 10.1 Å². The van der Waals surface area contributed by atoms with Gasteiger partial charge in [0.2, 0.25) is 5.96 Å². The SMILES string of the molecule is C=NN=C(N)N.CCOc1cc(C)cc(OS(=O)(=O)c2cc(Cl)ccc2Cl)c1. The van der Waals surface area contributed by atoms with Gasteiger partial charge in [-0.25, -0.2) is 0 Å². The van der Waals surface area contributed by atoms with Crippen LogP contribution in [0.4, 0.5) is 0 Å². The first-order valence-corrected chi connectivity index (χ1v) is 9.94. The number of hydrogen-bond acceptors (Lipinski definition) is 6. The van der Waals surface area contributed by atoms with E-state index in [1.54, 1.807) is 12.1 Å². The summed E-state index contributed by atoms with van der Waals surface area (Å²) in [7, 11) is -4.09. The minimum absolute atomic E-state index is 0.0436. The van der Waals surface area contributed by atoms with Crippen molar-refractivity contribution in [2.75, 3.05) is 6.61 Å². The van der Waals surface area contributed by atoms with Crippen LogP contribution in [-0.2, 0) is 10.1 Å². The van der Waals surface area contributed by atoms with Gasteiger partial charge >= 0.3 is 10.1 Å². The summed E-state index contributed by atoms with van der Waals surface area (Å²) in [5, 5.41) is 6.43. The molecule has 28 heavy (non-hydrogen) atoms. The van der Waals surface area contributed by atoms with Crippen LogP contribution >= 0.6 is 23.2 Å². The summed E-state index contributed by atoms with van der Waals surface area (Å²) in [4.78, 5) is -0.180. The first-order chi connectivity index (χ1) is 13.1. The van der Waals surface area contributed by atoms with Crippen molar-refractivity contribution in [2.24, 2.45) is 21.7 Å². The van der Waals surface area contributed by atoms with E-state index in [0.29, 0.717) is 12.4 Å². The largest absolute Gasteiger partial charge is 0.494 e. The fourth-order valence-corrected chi connectivity index (χ4v) is 3.59. The van der Waals surface area contributed by atoms with Crippen molar-refractivity contribution in [1.82, 2.24) is 0 Å². The molecule has 0 bridgehead atoms. The number of guanidine groups is 1. The van der Waals surface area contributed by atoms with Crippen LogP contribution < -0.4 is 20.4 Å². The van der Waals surface area contributed by atoms with Crippen molar-refractivity contribution in [3.63, 3.8) is 0 Å². The van der Waals surface area contributed by atoms with Crippen molar-refractivity contribution >= 4 is 46.0 Å². The zero-order valence-corrected chi connectivity index (χ0v) is 17.6. The second-order valence-corrected chi connectivity index (χ2v) is 7.55. The van der Waals surface area contributed by atoms with Gasteiger partial charge in [0.15, 0.2) is 0 Å². The van der Waals surface area contributed by atoms with Gasteiger partial charge in [0.05, 0.1) is 11.6 Å². The molecule has 0 radical (unpaired) electrons. The molecule has 0 fully saturated rings. The van der Waals surface area contributed by atoms with E-state index in [1.807, 2.05) is 13.8 Å². The molecule has 4 N–H and O–H groups in total. The first-order valence-electron chi connectivity index (χ1n) is 7.77. The Labute approximate surface area is 173 Å². The molecule has 0 aliphatic carbocycles. The summed E-state index contributed by atoms with van der Waals surface area (Å²) in [5.74, 6) is 0.620. The molecule has 0 aliphatic heterocycles. The van der Waals surface area contributed by atoms with Gasteiger partial charge < -0.3 is 20.4 Å². The Bertz CT molecular complexity index is 962. The topological polar surface area (TPSA) is 129 Å². The van der Waals surface area contributed by atoms with Crippen molar-refractivity contribution in [3.8, 4) is 11.5 Å². The Hall–Kier alpha value is -2.49. The molecule has 11 heteroatoms. The number of nitrogens with zero attached hydrogens (tertiary/aromatic N) is 2. The van der Waals surface area contributed by atoms with Crippen LogP contribution in [0.2, 0.25) is 10.0 Å². The molecular formula is C17H20Cl2N4O4S. The normalized spacial score (nSPS) is 10.3. The van der Waals surface area contributed by atoms with Crippen molar-refractivity contribution in [2.45, 2.75) is 18.7 Å². The lowest BCUT2D eigenvalue weighted by Crippen LogP contribution is -2.21. The molecular weight excluding hydrogens is 427 g/mol. The van der Waals surface area contributed by atoms with E-state index >= 15 is 0 Å². The van der Waals surface area contributed by atoms with E-state index in [0.717, 1.165) is 5.56 Å². The Morgan fingerprint density at radius 3 is 2.32 bits per heavy atom. The summed E-state index contributed by atoms with van der Waals surface area (Å²) in [6.07, 6.45) is 0. The molecule has 2 aromatic rings. The molecule has 0 amide bonds. The molecule has 0 saturated heterocycles. The highest BCUT2D eigenvalue weighted by Gasteiger charge is 2.21. The van der Waals surface area contributed by atoms with Crippen LogP contribution in [0.15, 0.2) is 51.5 Å². The number of rotatable bonds is 6. The fraction of sp³-hybridized carbons (Fsp3) is 0.176. The first kappa shape index (κ1) is 23.5. The lowest BCUT2D eigenvalue weighted by molar-refractivity contribution is 0.338. The predicted octanol–water partition coefficient (Wildman–Crippen LogP) is 3.34. The van der Waals surface area contributed by atoms with Gasteiger partial charge in [0.1, 0.15) is 16.4 Å². The molecule has 0 aromatic heterocycles. The van der Waals surface area contributed by atoms with Crippen LogP contribution in [0.25, 0.3) is 0 Å². The lowest BCUT2D eigenvalue weighted by atomic mass is 10.2. The predicted molar refractivity (Wildman–Crippen MR) is 112 cm³/mol. The Kier molecular flexibility index (Phi) is 9.04. The molecule has 0 unspecified atom stereocenters. The quantitative estimate of drug-likeness (QED) is 0.302. The van der Waals surface area contributed by atoms with E-state index in [-0.39, 0.29) is 26.6 Å². The number of halogens is 2. The summed E-state index contributed by atoms with van der Waals surface area (Å²) in [6.45, 7) is 7.12. The van der Waals surface area contributed by atoms with Gasteiger partial charge in [-0.1, -0.05) is 23.2 Å². The average Bonchev–Trinajstić information content (AvgIpc) is 2.56. The molecule has 0 spiro atoms. The maximum Gasteiger partial charge on any atom is 0.340 e. The molecule has 152 valence electrons. The van der Waals surface area contributed by atoms with Gasteiger partial charge in [-0.05, 0) is 49.7 Å². The van der Waals surface area contributed by atoms with E-state index in [1.165, 1.54) is 24.3 Å². The van der Waals surface area contributed by atoms with Crippen molar-refractivity contribution < 1.29 is 17.3 Å². The van der Waals surface area contributed by atoms with Gasteiger partial charge in [0, 0.05) is 17.8 Å². The van der Waals surface area contributed by atoms with Gasteiger partial charge in [-0.2, -0.15) is 13.5 Å².